The second kappa shape index (κ2) is 10.9. The highest BCUT2D eigenvalue weighted by atomic mass is 32.1. The molecule has 0 N–H and O–H groups in total. The van der Waals surface area contributed by atoms with Crippen LogP contribution in [0, 0.1) is 0 Å². The molecule has 2 aliphatic heterocycles. The third kappa shape index (κ3) is 4.32. The van der Waals surface area contributed by atoms with Crippen molar-refractivity contribution in [2.75, 3.05) is 25.2 Å². The predicted molar refractivity (Wildman–Crippen MR) is 151 cm³/mol. The maximum Gasteiger partial charge on any atom is 0.338 e. The number of esters is 1. The maximum atomic E-state index is 14.3. The Bertz CT molecular complexity index is 1700. The molecule has 39 heavy (non-hydrogen) atoms. The number of methoxy groups -OCH3 is 1. The molecule has 0 aliphatic carbocycles. The van der Waals surface area contributed by atoms with E-state index in [9.17, 15) is 14.4 Å². The van der Waals surface area contributed by atoms with Crippen molar-refractivity contribution in [1.29, 1.82) is 0 Å². The monoisotopic (exact) mass is 543 g/mol. The Labute approximate surface area is 229 Å². The summed E-state index contributed by atoms with van der Waals surface area (Å²) in [4.78, 5) is 48.2. The van der Waals surface area contributed by atoms with Crippen LogP contribution in [0.4, 0.5) is 5.69 Å². The van der Waals surface area contributed by atoms with Crippen molar-refractivity contribution in [2.24, 2.45) is 4.99 Å². The zero-order valence-electron chi connectivity index (χ0n) is 22.1. The summed E-state index contributed by atoms with van der Waals surface area (Å²) in [6.45, 7) is 8.02. The lowest BCUT2D eigenvalue weighted by Gasteiger charge is -2.26. The number of benzene rings is 2. The minimum atomic E-state index is -0.830. The fourth-order valence-electron chi connectivity index (χ4n) is 5.17. The number of carbonyl (C=O) groups is 2. The SMILES string of the molecule is C=CCN1C(=O)/C(=c2/sc3n(c2=O)[C@H](c2ccccc2OC)C(C(=O)OCC)=C(CCC)N=3)c2ccccc21. The number of hydrogen-bond donors (Lipinski definition) is 0. The molecule has 0 bridgehead atoms. The molecule has 0 spiro atoms. The van der Waals surface area contributed by atoms with Gasteiger partial charge in [0.15, 0.2) is 4.80 Å². The number of rotatable bonds is 8. The molecule has 0 radical (unpaired) electrons. The van der Waals surface area contributed by atoms with Crippen LogP contribution in [0.5, 0.6) is 5.75 Å². The lowest BCUT2D eigenvalue weighted by atomic mass is 9.93. The van der Waals surface area contributed by atoms with E-state index < -0.39 is 17.6 Å². The second-order valence-corrected chi connectivity index (χ2v) is 10.1. The molecule has 0 saturated carbocycles. The van der Waals surface area contributed by atoms with Gasteiger partial charge in [-0.05, 0) is 25.5 Å². The Kier molecular flexibility index (Phi) is 7.34. The largest absolute Gasteiger partial charge is 0.496 e. The van der Waals surface area contributed by atoms with E-state index in [1.807, 2.05) is 49.4 Å². The van der Waals surface area contributed by atoms with E-state index >= 15 is 0 Å². The van der Waals surface area contributed by atoms with Crippen molar-refractivity contribution >= 4 is 34.5 Å². The highest BCUT2D eigenvalue weighted by Crippen LogP contribution is 2.38. The van der Waals surface area contributed by atoms with Crippen LogP contribution in [0.1, 0.15) is 43.9 Å². The summed E-state index contributed by atoms with van der Waals surface area (Å²) in [5, 5.41) is 0. The normalized spacial score (nSPS) is 17.5. The van der Waals surface area contributed by atoms with Gasteiger partial charge in [0.1, 0.15) is 16.3 Å². The van der Waals surface area contributed by atoms with Gasteiger partial charge in [-0.15, -0.1) is 6.58 Å². The molecule has 5 rings (SSSR count). The minimum absolute atomic E-state index is 0.180. The van der Waals surface area contributed by atoms with Crippen molar-refractivity contribution in [3.63, 3.8) is 0 Å². The first kappa shape index (κ1) is 26.4. The van der Waals surface area contributed by atoms with Gasteiger partial charge >= 0.3 is 5.97 Å². The number of aromatic nitrogens is 1. The van der Waals surface area contributed by atoms with E-state index in [-0.39, 0.29) is 17.0 Å². The highest BCUT2D eigenvalue weighted by Gasteiger charge is 2.38. The van der Waals surface area contributed by atoms with Crippen LogP contribution < -0.4 is 24.5 Å². The lowest BCUT2D eigenvalue weighted by Crippen LogP contribution is -2.41. The van der Waals surface area contributed by atoms with E-state index in [1.165, 1.54) is 4.57 Å². The molecule has 0 unspecified atom stereocenters. The molecule has 3 heterocycles. The summed E-state index contributed by atoms with van der Waals surface area (Å²) in [6.07, 6.45) is 2.92. The fraction of sp³-hybridized carbons (Fsp3) is 0.267. The Morgan fingerprint density at radius 1 is 1.13 bits per heavy atom. The summed E-state index contributed by atoms with van der Waals surface area (Å²) in [6, 6.07) is 13.9. The van der Waals surface area contributed by atoms with Crippen molar-refractivity contribution in [1.82, 2.24) is 4.57 Å². The number of fused-ring (bicyclic) bond motifs is 2. The standard InChI is InChI=1S/C30H29N3O5S/c1-5-12-20-24(29(36)38-7-3)25(19-14-9-11-16-22(19)37-4)33-28(35)26(39-30(33)31-20)23-18-13-8-10-15-21(18)32(17-6-2)27(23)34/h6,8-11,13-16,25H,2,5,7,12,17H2,1,3-4H3/b26-23+/t25-/m1/s1. The van der Waals surface area contributed by atoms with E-state index in [0.29, 0.717) is 51.5 Å². The number of amides is 1. The molecule has 1 atom stereocenters. The van der Waals surface area contributed by atoms with Gasteiger partial charge in [0.05, 0.1) is 36.2 Å². The fourth-order valence-corrected chi connectivity index (χ4v) is 6.28. The van der Waals surface area contributed by atoms with Crippen LogP contribution in [-0.4, -0.2) is 36.7 Å². The number of nitrogens with zero attached hydrogens (tertiary/aromatic N) is 3. The van der Waals surface area contributed by atoms with Crippen LogP contribution >= 0.6 is 11.3 Å². The lowest BCUT2D eigenvalue weighted by molar-refractivity contribution is -0.139. The molecule has 0 saturated heterocycles. The van der Waals surface area contributed by atoms with E-state index in [1.54, 1.807) is 31.1 Å². The molecule has 2 aliphatic rings. The molecular weight excluding hydrogens is 514 g/mol. The summed E-state index contributed by atoms with van der Waals surface area (Å²) in [5.74, 6) is -0.272. The van der Waals surface area contributed by atoms with Crippen molar-refractivity contribution in [3.8, 4) is 5.75 Å². The zero-order chi connectivity index (χ0) is 27.7. The van der Waals surface area contributed by atoms with Gasteiger partial charge < -0.3 is 14.4 Å². The van der Waals surface area contributed by atoms with Gasteiger partial charge in [-0.1, -0.05) is 67.2 Å². The van der Waals surface area contributed by atoms with E-state index in [4.69, 9.17) is 14.5 Å². The topological polar surface area (TPSA) is 90.2 Å². The van der Waals surface area contributed by atoms with Crippen molar-refractivity contribution < 1.29 is 19.1 Å². The van der Waals surface area contributed by atoms with Gasteiger partial charge in [-0.3, -0.25) is 14.2 Å². The third-order valence-corrected chi connectivity index (χ3v) is 7.82. The number of thiazole rings is 1. The molecule has 0 fully saturated rings. The third-order valence-electron chi connectivity index (χ3n) is 6.76. The molecular formula is C30H29N3O5S. The van der Waals surface area contributed by atoms with Crippen LogP contribution in [0.15, 0.2) is 82.2 Å². The number of allylic oxidation sites excluding steroid dienone is 1. The quantitative estimate of drug-likeness (QED) is 0.321. The molecule has 200 valence electrons. The minimum Gasteiger partial charge on any atom is -0.496 e. The van der Waals surface area contributed by atoms with E-state index in [2.05, 4.69) is 6.58 Å². The summed E-state index contributed by atoms with van der Waals surface area (Å²) in [7, 11) is 1.55. The van der Waals surface area contributed by atoms with Gasteiger partial charge in [0.2, 0.25) is 0 Å². The van der Waals surface area contributed by atoms with Crippen LogP contribution in [-0.2, 0) is 14.3 Å². The van der Waals surface area contributed by atoms with Gasteiger partial charge in [0, 0.05) is 17.7 Å². The summed E-state index contributed by atoms with van der Waals surface area (Å²) < 4.78 is 12.9. The average molecular weight is 544 g/mol. The number of ether oxygens (including phenoxy) is 2. The first-order valence-corrected chi connectivity index (χ1v) is 13.7. The van der Waals surface area contributed by atoms with Gasteiger partial charge in [-0.25, -0.2) is 9.79 Å². The van der Waals surface area contributed by atoms with Crippen LogP contribution in [0.2, 0.25) is 0 Å². The Balaban J connectivity index is 1.87. The Morgan fingerprint density at radius 2 is 1.87 bits per heavy atom. The Morgan fingerprint density at radius 3 is 2.59 bits per heavy atom. The first-order chi connectivity index (χ1) is 19.0. The molecule has 8 nitrogen and oxygen atoms in total. The van der Waals surface area contributed by atoms with E-state index in [0.717, 1.165) is 23.4 Å². The molecule has 1 amide bonds. The van der Waals surface area contributed by atoms with Crippen LogP contribution in [0.3, 0.4) is 0 Å². The summed E-state index contributed by atoms with van der Waals surface area (Å²) in [5.41, 5.74) is 2.84. The molecule has 2 aromatic carbocycles. The predicted octanol–water partition coefficient (Wildman–Crippen LogP) is 3.49. The number of carbonyl (C=O) groups excluding carboxylic acids is 2. The number of para-hydroxylation sites is 2. The summed E-state index contributed by atoms with van der Waals surface area (Å²) >= 11 is 1.16. The zero-order valence-corrected chi connectivity index (χ0v) is 22.9. The highest BCUT2D eigenvalue weighted by molar-refractivity contribution is 7.07. The number of anilines is 1. The smallest absolute Gasteiger partial charge is 0.338 e. The van der Waals surface area contributed by atoms with Crippen molar-refractivity contribution in [2.45, 2.75) is 32.7 Å². The van der Waals surface area contributed by atoms with Gasteiger partial charge in [-0.2, -0.15) is 0 Å². The van der Waals surface area contributed by atoms with Crippen molar-refractivity contribution in [3.05, 3.63) is 103 Å². The first-order valence-electron chi connectivity index (χ1n) is 12.9. The second-order valence-electron chi connectivity index (χ2n) is 9.07. The maximum absolute atomic E-state index is 14.3. The number of hydrogen-bond acceptors (Lipinski definition) is 7. The van der Waals surface area contributed by atoms with Gasteiger partial charge in [0.25, 0.3) is 11.5 Å². The Hall–Kier alpha value is -4.24. The average Bonchev–Trinajstić information content (AvgIpc) is 3.41. The molecule has 9 heteroatoms. The molecule has 1 aromatic heterocycles. The van der Waals surface area contributed by atoms with Crippen LogP contribution in [0.25, 0.3) is 5.57 Å². The molecule has 3 aromatic rings.